The first-order valence-electron chi connectivity index (χ1n) is 4.50. The molecule has 0 aliphatic rings. The van der Waals surface area contributed by atoms with Gasteiger partial charge in [0.15, 0.2) is 23.3 Å². The Bertz CT molecular complexity index is 454. The third-order valence-electron chi connectivity index (χ3n) is 2.10. The van der Waals surface area contributed by atoms with Crippen molar-refractivity contribution >= 4 is 5.97 Å². The number of ether oxygens (including phenoxy) is 1. The van der Waals surface area contributed by atoms with E-state index in [1.807, 2.05) is 0 Å². The zero-order valence-electron chi connectivity index (χ0n) is 8.82. The number of benzene rings is 1. The highest BCUT2D eigenvalue weighted by molar-refractivity contribution is 5.81. The molecule has 0 bridgehead atoms. The number of carbonyl (C=O) groups is 1. The van der Waals surface area contributed by atoms with Gasteiger partial charge in [0.05, 0.1) is 5.56 Å². The number of hydrogen-bond donors (Lipinski definition) is 0. The van der Waals surface area contributed by atoms with Crippen molar-refractivity contribution < 1.29 is 27.1 Å². The highest BCUT2D eigenvalue weighted by Crippen LogP contribution is 2.24. The topological polar surface area (TPSA) is 26.3 Å². The Balaban J connectivity index is 3.16. The standard InChI is InChI=1S/C11H8F4O2/c1-3-7(16)17-4-6-10(14)8(12)5(2)9(13)11(6)15/h3H,1,4H2,2H3. The average Bonchev–Trinajstić information content (AvgIpc) is 2.33. The number of halogens is 4. The lowest BCUT2D eigenvalue weighted by molar-refractivity contribution is -0.139. The Morgan fingerprint density at radius 1 is 1.18 bits per heavy atom. The van der Waals surface area contributed by atoms with Gasteiger partial charge >= 0.3 is 5.97 Å². The van der Waals surface area contributed by atoms with E-state index in [1.54, 1.807) is 0 Å². The first-order chi connectivity index (χ1) is 7.90. The normalized spacial score (nSPS) is 10.2. The molecule has 0 saturated heterocycles. The lowest BCUT2D eigenvalue weighted by Gasteiger charge is -2.09. The fourth-order valence-corrected chi connectivity index (χ4v) is 1.12. The first-order valence-corrected chi connectivity index (χ1v) is 4.50. The van der Waals surface area contributed by atoms with E-state index in [0.29, 0.717) is 0 Å². The molecule has 1 aromatic carbocycles. The largest absolute Gasteiger partial charge is 0.457 e. The van der Waals surface area contributed by atoms with Crippen molar-refractivity contribution in [2.75, 3.05) is 0 Å². The van der Waals surface area contributed by atoms with Crippen LogP contribution in [0.2, 0.25) is 0 Å². The molecule has 17 heavy (non-hydrogen) atoms. The monoisotopic (exact) mass is 248 g/mol. The van der Waals surface area contributed by atoms with Crippen LogP contribution in [-0.4, -0.2) is 5.97 Å². The van der Waals surface area contributed by atoms with Gasteiger partial charge in [-0.2, -0.15) is 0 Å². The molecule has 0 spiro atoms. The zero-order valence-corrected chi connectivity index (χ0v) is 8.82. The van der Waals surface area contributed by atoms with Crippen LogP contribution < -0.4 is 0 Å². The molecule has 0 N–H and O–H groups in total. The van der Waals surface area contributed by atoms with Gasteiger partial charge in [-0.25, -0.2) is 22.4 Å². The van der Waals surface area contributed by atoms with Gasteiger partial charge < -0.3 is 4.74 Å². The van der Waals surface area contributed by atoms with Crippen LogP contribution in [0.4, 0.5) is 17.6 Å². The van der Waals surface area contributed by atoms with Crippen molar-refractivity contribution in [1.82, 2.24) is 0 Å². The van der Waals surface area contributed by atoms with Crippen LogP contribution in [0, 0.1) is 30.2 Å². The van der Waals surface area contributed by atoms with Gasteiger partial charge in [0.1, 0.15) is 6.61 Å². The Morgan fingerprint density at radius 2 is 1.65 bits per heavy atom. The van der Waals surface area contributed by atoms with Crippen LogP contribution >= 0.6 is 0 Å². The second-order valence-corrected chi connectivity index (χ2v) is 3.17. The third-order valence-corrected chi connectivity index (χ3v) is 2.10. The summed E-state index contributed by atoms with van der Waals surface area (Å²) in [4.78, 5) is 10.7. The van der Waals surface area contributed by atoms with E-state index in [2.05, 4.69) is 11.3 Å². The quantitative estimate of drug-likeness (QED) is 0.356. The summed E-state index contributed by atoms with van der Waals surface area (Å²) in [6, 6.07) is 0. The van der Waals surface area contributed by atoms with Crippen LogP contribution in [0.1, 0.15) is 11.1 Å². The van der Waals surface area contributed by atoms with Crippen LogP contribution in [0.5, 0.6) is 0 Å². The summed E-state index contributed by atoms with van der Waals surface area (Å²) >= 11 is 0. The molecule has 0 fully saturated rings. The Hall–Kier alpha value is -1.85. The predicted octanol–water partition coefficient (Wildman–Crippen LogP) is 2.78. The van der Waals surface area contributed by atoms with Crippen LogP contribution in [0.3, 0.4) is 0 Å². The van der Waals surface area contributed by atoms with Gasteiger partial charge in [0, 0.05) is 11.6 Å². The summed E-state index contributed by atoms with van der Waals surface area (Å²) in [7, 11) is 0. The van der Waals surface area contributed by atoms with E-state index in [1.165, 1.54) is 0 Å². The molecule has 0 radical (unpaired) electrons. The molecule has 92 valence electrons. The molecule has 6 heteroatoms. The van der Waals surface area contributed by atoms with Crippen molar-refractivity contribution in [3.8, 4) is 0 Å². The molecule has 0 aromatic heterocycles. The van der Waals surface area contributed by atoms with E-state index < -0.39 is 47.0 Å². The molecule has 1 aromatic rings. The lowest BCUT2D eigenvalue weighted by Crippen LogP contribution is -2.09. The van der Waals surface area contributed by atoms with E-state index in [9.17, 15) is 22.4 Å². The second-order valence-electron chi connectivity index (χ2n) is 3.17. The minimum absolute atomic E-state index is 0.761. The number of carbonyl (C=O) groups excluding carboxylic acids is 1. The molecular weight excluding hydrogens is 240 g/mol. The smallest absolute Gasteiger partial charge is 0.330 e. The van der Waals surface area contributed by atoms with Gasteiger partial charge in [-0.3, -0.25) is 0 Å². The maximum absolute atomic E-state index is 13.3. The molecule has 0 heterocycles. The minimum atomic E-state index is -1.57. The molecule has 0 amide bonds. The maximum atomic E-state index is 13.3. The average molecular weight is 248 g/mol. The molecule has 2 nitrogen and oxygen atoms in total. The number of rotatable bonds is 3. The van der Waals surface area contributed by atoms with E-state index >= 15 is 0 Å². The summed E-state index contributed by atoms with van der Waals surface area (Å²) in [5.74, 6) is -7.11. The number of hydrogen-bond acceptors (Lipinski definition) is 2. The summed E-state index contributed by atoms with van der Waals surface area (Å²) < 4.78 is 57.0. The molecule has 0 unspecified atom stereocenters. The molecule has 0 aliphatic heterocycles. The maximum Gasteiger partial charge on any atom is 0.330 e. The van der Waals surface area contributed by atoms with Gasteiger partial charge in [-0.15, -0.1) is 0 Å². The summed E-state index contributed by atoms with van der Waals surface area (Å²) in [6.07, 6.45) is 0.761. The van der Waals surface area contributed by atoms with E-state index in [-0.39, 0.29) is 0 Å². The third kappa shape index (κ3) is 2.46. The summed E-state index contributed by atoms with van der Waals surface area (Å²) in [5.41, 5.74) is -1.74. The highest BCUT2D eigenvalue weighted by Gasteiger charge is 2.23. The van der Waals surface area contributed by atoms with Crippen molar-refractivity contribution in [3.63, 3.8) is 0 Å². The predicted molar refractivity (Wildman–Crippen MR) is 51.0 cm³/mol. The highest BCUT2D eigenvalue weighted by atomic mass is 19.2. The lowest BCUT2D eigenvalue weighted by atomic mass is 10.1. The summed E-state index contributed by atoms with van der Waals surface area (Å²) in [6.45, 7) is 3.05. The van der Waals surface area contributed by atoms with Crippen LogP contribution in [-0.2, 0) is 16.1 Å². The Morgan fingerprint density at radius 3 is 2.06 bits per heavy atom. The van der Waals surface area contributed by atoms with Gasteiger partial charge in [-0.05, 0) is 6.92 Å². The first kappa shape index (κ1) is 13.2. The molecule has 0 aliphatic carbocycles. The molecule has 1 rings (SSSR count). The summed E-state index contributed by atoms with van der Waals surface area (Å²) in [5, 5.41) is 0. The molecular formula is C11H8F4O2. The van der Waals surface area contributed by atoms with Crippen LogP contribution in [0.25, 0.3) is 0 Å². The van der Waals surface area contributed by atoms with E-state index in [4.69, 9.17) is 0 Å². The van der Waals surface area contributed by atoms with E-state index in [0.717, 1.165) is 13.0 Å². The van der Waals surface area contributed by atoms with Gasteiger partial charge in [-0.1, -0.05) is 6.58 Å². The van der Waals surface area contributed by atoms with Crippen LogP contribution in [0.15, 0.2) is 12.7 Å². The Kier molecular flexibility index (Phi) is 3.88. The molecule has 0 atom stereocenters. The number of esters is 1. The van der Waals surface area contributed by atoms with Crippen molar-refractivity contribution in [1.29, 1.82) is 0 Å². The fourth-order valence-electron chi connectivity index (χ4n) is 1.12. The zero-order chi connectivity index (χ0) is 13.2. The van der Waals surface area contributed by atoms with Gasteiger partial charge in [0.25, 0.3) is 0 Å². The van der Waals surface area contributed by atoms with Gasteiger partial charge in [0.2, 0.25) is 0 Å². The SMILES string of the molecule is C=CC(=O)OCc1c(F)c(F)c(C)c(F)c1F. The Labute approximate surface area is 94.5 Å². The van der Waals surface area contributed by atoms with Crippen molar-refractivity contribution in [3.05, 3.63) is 47.1 Å². The minimum Gasteiger partial charge on any atom is -0.457 e. The van der Waals surface area contributed by atoms with Crippen molar-refractivity contribution in [2.45, 2.75) is 13.5 Å². The second kappa shape index (κ2) is 4.99. The molecule has 0 saturated carbocycles. The van der Waals surface area contributed by atoms with Crippen molar-refractivity contribution in [2.24, 2.45) is 0 Å². The fraction of sp³-hybridized carbons (Fsp3) is 0.182.